The molecule has 0 aliphatic rings. The van der Waals surface area contributed by atoms with Gasteiger partial charge in [0.05, 0.1) is 0 Å². The van der Waals surface area contributed by atoms with E-state index in [1.807, 2.05) is 0 Å². The molecule has 0 amide bonds. The van der Waals surface area contributed by atoms with Gasteiger partial charge >= 0.3 is 5.97 Å². The summed E-state index contributed by atoms with van der Waals surface area (Å²) in [6.45, 7) is 7.49. The third kappa shape index (κ3) is 13.7. The topological polar surface area (TPSA) is 129 Å². The fraction of sp³-hybridized carbons (Fsp3) is 0.846. The van der Waals surface area contributed by atoms with Crippen LogP contribution in [0.3, 0.4) is 0 Å². The Hall–Kier alpha value is -1.06. The molecule has 124 valence electrons. The van der Waals surface area contributed by atoms with E-state index < -0.39 is 12.0 Å². The molecule has 1 unspecified atom stereocenters. The first-order valence-corrected chi connectivity index (χ1v) is 7.35. The molecule has 0 aromatic rings. The number of aliphatic carboxylic acids is 1. The predicted molar refractivity (Wildman–Crippen MR) is 82.4 cm³/mol. The molecule has 0 fully saturated rings. The van der Waals surface area contributed by atoms with Crippen molar-refractivity contribution in [2.24, 2.45) is 5.73 Å². The third-order valence-corrected chi connectivity index (χ3v) is 2.76. The molecule has 7 N–H and O–H groups in total. The van der Waals surface area contributed by atoms with Gasteiger partial charge < -0.3 is 32.1 Å². The summed E-state index contributed by atoms with van der Waals surface area (Å²) in [6, 6.07) is -0.795. The van der Waals surface area contributed by atoms with Crippen LogP contribution in [0.25, 0.3) is 0 Å². The van der Waals surface area contributed by atoms with Crippen LogP contribution in [0.4, 0.5) is 0 Å². The van der Waals surface area contributed by atoms with E-state index in [1.54, 1.807) is 0 Å². The van der Waals surface area contributed by atoms with Gasteiger partial charge in [-0.25, -0.2) is 0 Å². The van der Waals surface area contributed by atoms with Crippen molar-refractivity contribution in [1.29, 1.82) is 0 Å². The second-order valence-electron chi connectivity index (χ2n) is 4.79. The van der Waals surface area contributed by atoms with Gasteiger partial charge in [-0.2, -0.15) is 0 Å². The minimum Gasteiger partial charge on any atom is -0.480 e. The van der Waals surface area contributed by atoms with E-state index in [-0.39, 0.29) is 12.2 Å². The zero-order chi connectivity index (χ0) is 15.9. The Morgan fingerprint density at radius 2 is 1.43 bits per heavy atom. The Labute approximate surface area is 126 Å². The van der Waals surface area contributed by atoms with Crippen LogP contribution in [0.2, 0.25) is 0 Å². The second kappa shape index (κ2) is 13.9. The molecule has 0 aromatic carbocycles. The average Bonchev–Trinajstić information content (AvgIpc) is 2.42. The summed E-state index contributed by atoms with van der Waals surface area (Å²) < 4.78 is 0. The number of carbonyl (C=O) groups excluding carboxylic acids is 1. The van der Waals surface area contributed by atoms with Crippen molar-refractivity contribution >= 4 is 11.8 Å². The fourth-order valence-electron chi connectivity index (χ4n) is 1.70. The summed E-state index contributed by atoms with van der Waals surface area (Å²) in [7, 11) is 0. The molecular weight excluding hydrogens is 274 g/mol. The van der Waals surface area contributed by atoms with Crippen LogP contribution in [-0.4, -0.2) is 75.3 Å². The van der Waals surface area contributed by atoms with Crippen LogP contribution >= 0.6 is 0 Å². The lowest BCUT2D eigenvalue weighted by Crippen LogP contribution is -2.42. The van der Waals surface area contributed by atoms with Crippen LogP contribution < -0.4 is 27.0 Å². The highest BCUT2D eigenvalue weighted by Crippen LogP contribution is 1.92. The van der Waals surface area contributed by atoms with Gasteiger partial charge in [0.1, 0.15) is 11.8 Å². The van der Waals surface area contributed by atoms with Crippen molar-refractivity contribution in [2.75, 3.05) is 52.4 Å². The lowest BCUT2D eigenvalue weighted by atomic mass is 10.1. The zero-order valence-electron chi connectivity index (χ0n) is 12.8. The Morgan fingerprint density at radius 3 is 1.86 bits per heavy atom. The number of ketones is 1. The van der Waals surface area contributed by atoms with Crippen LogP contribution in [0, 0.1) is 0 Å². The van der Waals surface area contributed by atoms with E-state index >= 15 is 0 Å². The molecule has 0 aliphatic heterocycles. The Morgan fingerprint density at radius 1 is 0.952 bits per heavy atom. The van der Waals surface area contributed by atoms with Crippen molar-refractivity contribution in [2.45, 2.75) is 19.4 Å². The molecule has 8 heteroatoms. The number of Topliss-reactive ketones (excluding diaryl/α,β-unsaturated/α-hetero) is 1. The smallest absolute Gasteiger partial charge is 0.321 e. The van der Waals surface area contributed by atoms with E-state index in [4.69, 9.17) is 10.8 Å². The fourth-order valence-corrected chi connectivity index (χ4v) is 1.70. The summed E-state index contributed by atoms with van der Waals surface area (Å²) in [5.41, 5.74) is 5.35. The maximum atomic E-state index is 10.9. The summed E-state index contributed by atoms with van der Waals surface area (Å²) in [4.78, 5) is 21.8. The third-order valence-electron chi connectivity index (χ3n) is 2.76. The Balaban J connectivity index is 3.38. The van der Waals surface area contributed by atoms with Crippen molar-refractivity contribution < 1.29 is 14.7 Å². The number of nitrogens with one attached hydrogen (secondary N) is 4. The van der Waals surface area contributed by atoms with Crippen LogP contribution in [0.15, 0.2) is 0 Å². The van der Waals surface area contributed by atoms with E-state index in [0.29, 0.717) is 19.6 Å². The maximum absolute atomic E-state index is 10.9. The molecule has 0 spiro atoms. The van der Waals surface area contributed by atoms with E-state index in [9.17, 15) is 9.59 Å². The number of hydrogen-bond donors (Lipinski definition) is 6. The highest BCUT2D eigenvalue weighted by atomic mass is 16.4. The zero-order valence-corrected chi connectivity index (χ0v) is 12.8. The van der Waals surface area contributed by atoms with Gasteiger partial charge in [-0.1, -0.05) is 0 Å². The minimum absolute atomic E-state index is 0.0205. The molecule has 1 atom stereocenters. The monoisotopic (exact) mass is 303 g/mol. The predicted octanol–water partition coefficient (Wildman–Crippen LogP) is -2.26. The Bertz CT molecular complexity index is 289. The quantitative estimate of drug-likeness (QED) is 0.187. The maximum Gasteiger partial charge on any atom is 0.321 e. The highest BCUT2D eigenvalue weighted by molar-refractivity contribution is 5.84. The van der Waals surface area contributed by atoms with E-state index in [1.165, 1.54) is 6.92 Å². The summed E-state index contributed by atoms with van der Waals surface area (Å²) >= 11 is 0. The normalized spacial score (nSPS) is 12.3. The molecule has 0 rings (SSSR count). The Kier molecular flexibility index (Phi) is 13.2. The van der Waals surface area contributed by atoms with Gasteiger partial charge in [0, 0.05) is 58.8 Å². The first kappa shape index (κ1) is 19.9. The molecule has 21 heavy (non-hydrogen) atoms. The molecule has 0 bridgehead atoms. The van der Waals surface area contributed by atoms with Crippen LogP contribution in [-0.2, 0) is 9.59 Å². The average molecular weight is 303 g/mol. The molecule has 0 saturated carbocycles. The van der Waals surface area contributed by atoms with Gasteiger partial charge in [-0.3, -0.25) is 9.59 Å². The number of nitrogens with two attached hydrogens (primary N) is 1. The lowest BCUT2D eigenvalue weighted by molar-refractivity contribution is -0.141. The largest absolute Gasteiger partial charge is 0.480 e. The van der Waals surface area contributed by atoms with Gasteiger partial charge in [-0.15, -0.1) is 0 Å². The van der Waals surface area contributed by atoms with Crippen molar-refractivity contribution in [3.8, 4) is 0 Å². The summed E-state index contributed by atoms with van der Waals surface area (Å²) in [5, 5.41) is 21.4. The summed E-state index contributed by atoms with van der Waals surface area (Å²) in [6.07, 6.45) is 0.0205. The van der Waals surface area contributed by atoms with Gasteiger partial charge in [-0.05, 0) is 6.92 Å². The molecule has 0 radical (unpaired) electrons. The standard InChI is InChI=1S/C13H29N5O3/c1-11(19)10-12(13(20)21)18-9-8-17-7-6-16-5-4-15-3-2-14/h12,15-18H,2-10,14H2,1H3,(H,20,21). The van der Waals surface area contributed by atoms with Gasteiger partial charge in [0.25, 0.3) is 0 Å². The van der Waals surface area contributed by atoms with E-state index in [2.05, 4.69) is 21.3 Å². The van der Waals surface area contributed by atoms with E-state index in [0.717, 1.165) is 32.7 Å². The molecular formula is C13H29N5O3. The molecule has 0 aromatic heterocycles. The van der Waals surface area contributed by atoms with Crippen molar-refractivity contribution in [1.82, 2.24) is 21.3 Å². The first-order valence-electron chi connectivity index (χ1n) is 7.35. The summed E-state index contributed by atoms with van der Waals surface area (Å²) in [5.74, 6) is -1.12. The number of rotatable bonds is 15. The molecule has 8 nitrogen and oxygen atoms in total. The highest BCUT2D eigenvalue weighted by Gasteiger charge is 2.17. The van der Waals surface area contributed by atoms with Crippen molar-refractivity contribution in [3.05, 3.63) is 0 Å². The van der Waals surface area contributed by atoms with Crippen LogP contribution in [0.5, 0.6) is 0 Å². The van der Waals surface area contributed by atoms with Gasteiger partial charge in [0.2, 0.25) is 0 Å². The number of hydrogen-bond acceptors (Lipinski definition) is 7. The second-order valence-corrected chi connectivity index (χ2v) is 4.79. The SMILES string of the molecule is CC(=O)CC(NCCNCCNCCNCCN)C(=O)O. The van der Waals surface area contributed by atoms with Gasteiger partial charge in [0.15, 0.2) is 0 Å². The minimum atomic E-state index is -0.989. The number of carboxylic acid groups (broad SMARTS) is 1. The molecule has 0 heterocycles. The molecule has 0 aliphatic carbocycles. The first-order chi connectivity index (χ1) is 10.1. The lowest BCUT2D eigenvalue weighted by Gasteiger charge is -2.13. The van der Waals surface area contributed by atoms with Crippen molar-refractivity contribution in [3.63, 3.8) is 0 Å². The molecule has 0 saturated heterocycles. The van der Waals surface area contributed by atoms with Crippen LogP contribution in [0.1, 0.15) is 13.3 Å². The number of carboxylic acids is 1. The number of carbonyl (C=O) groups is 2.